The normalized spacial score (nSPS) is 21.0. The van der Waals surface area contributed by atoms with Crippen molar-refractivity contribution in [2.75, 3.05) is 11.5 Å². The van der Waals surface area contributed by atoms with E-state index in [0.29, 0.717) is 6.42 Å². The number of rotatable bonds is 4. The summed E-state index contributed by atoms with van der Waals surface area (Å²) in [6, 6.07) is 8.10. The Morgan fingerprint density at radius 1 is 1.31 bits per heavy atom. The van der Waals surface area contributed by atoms with Gasteiger partial charge in [-0.1, -0.05) is 29.8 Å². The van der Waals surface area contributed by atoms with Crippen LogP contribution in [-0.4, -0.2) is 29.5 Å². The Labute approximate surface area is 157 Å². The van der Waals surface area contributed by atoms with Gasteiger partial charge in [-0.3, -0.25) is 4.57 Å². The van der Waals surface area contributed by atoms with Crippen LogP contribution in [0.2, 0.25) is 0 Å². The number of hydrogen-bond donors (Lipinski definition) is 0. The van der Waals surface area contributed by atoms with Crippen molar-refractivity contribution in [1.29, 1.82) is 0 Å². The standard InChI is InChI=1S/C19H22N2O3S2/c1-13-4-2-5-14(10-13)11-25-18-16-6-3-7-17(16)21(19(22)20-18)15-8-9-26(23,24)12-15/h2,4-5,10,15H,3,6-9,11-12H2,1H3/t15-/m1/s1. The number of nitrogens with zero attached hydrogens (tertiary/aromatic N) is 2. The van der Waals surface area contributed by atoms with Crippen LogP contribution >= 0.6 is 11.8 Å². The fourth-order valence-electron chi connectivity index (χ4n) is 3.98. The number of sulfone groups is 1. The topological polar surface area (TPSA) is 69.0 Å². The molecule has 4 rings (SSSR count). The molecule has 138 valence electrons. The summed E-state index contributed by atoms with van der Waals surface area (Å²) in [5.41, 5.74) is 4.30. The first-order valence-electron chi connectivity index (χ1n) is 8.96. The third-order valence-corrected chi connectivity index (χ3v) is 8.01. The molecule has 0 unspecified atom stereocenters. The van der Waals surface area contributed by atoms with Crippen LogP contribution in [0.1, 0.15) is 41.3 Å². The molecule has 1 aromatic heterocycles. The second-order valence-corrected chi connectivity index (χ2v) is 10.4. The van der Waals surface area contributed by atoms with E-state index in [1.54, 1.807) is 16.3 Å². The van der Waals surface area contributed by atoms with Gasteiger partial charge in [-0.2, -0.15) is 4.98 Å². The van der Waals surface area contributed by atoms with Gasteiger partial charge in [0, 0.05) is 17.0 Å². The van der Waals surface area contributed by atoms with Crippen molar-refractivity contribution in [2.24, 2.45) is 0 Å². The van der Waals surface area contributed by atoms with E-state index in [9.17, 15) is 13.2 Å². The first-order valence-corrected chi connectivity index (χ1v) is 11.8. The van der Waals surface area contributed by atoms with Gasteiger partial charge in [0.25, 0.3) is 0 Å². The van der Waals surface area contributed by atoms with E-state index in [0.717, 1.165) is 41.3 Å². The first-order chi connectivity index (χ1) is 12.4. The minimum atomic E-state index is -3.03. The van der Waals surface area contributed by atoms with Crippen LogP contribution in [0.15, 0.2) is 34.1 Å². The van der Waals surface area contributed by atoms with Crippen molar-refractivity contribution in [2.45, 2.75) is 49.4 Å². The van der Waals surface area contributed by atoms with Crippen molar-refractivity contribution in [3.8, 4) is 0 Å². The number of aryl methyl sites for hydroxylation is 1. The zero-order valence-electron chi connectivity index (χ0n) is 14.8. The number of fused-ring (bicyclic) bond motifs is 1. The molecule has 1 aliphatic carbocycles. The van der Waals surface area contributed by atoms with Gasteiger partial charge in [-0.25, -0.2) is 13.2 Å². The first kappa shape index (κ1) is 17.8. The van der Waals surface area contributed by atoms with Gasteiger partial charge in [0.15, 0.2) is 9.84 Å². The summed E-state index contributed by atoms with van der Waals surface area (Å²) >= 11 is 1.61. The molecule has 0 spiro atoms. The minimum absolute atomic E-state index is 0.0663. The summed E-state index contributed by atoms with van der Waals surface area (Å²) in [5, 5.41) is 0.820. The van der Waals surface area contributed by atoms with E-state index in [4.69, 9.17) is 0 Å². The van der Waals surface area contributed by atoms with E-state index in [1.165, 1.54) is 11.1 Å². The smallest absolute Gasteiger partial charge is 0.292 e. The third kappa shape index (κ3) is 3.47. The van der Waals surface area contributed by atoms with Crippen molar-refractivity contribution in [3.63, 3.8) is 0 Å². The molecule has 7 heteroatoms. The average molecular weight is 391 g/mol. The lowest BCUT2D eigenvalue weighted by Gasteiger charge is -2.18. The van der Waals surface area contributed by atoms with Crippen molar-refractivity contribution in [1.82, 2.24) is 9.55 Å². The van der Waals surface area contributed by atoms with E-state index in [-0.39, 0.29) is 23.2 Å². The molecular formula is C19H22N2O3S2. The zero-order chi connectivity index (χ0) is 18.3. The largest absolute Gasteiger partial charge is 0.349 e. The Hall–Kier alpha value is -1.60. The molecule has 1 fully saturated rings. The molecule has 2 aromatic rings. The molecule has 2 aliphatic rings. The number of hydrogen-bond acceptors (Lipinski definition) is 5. The molecule has 0 bridgehead atoms. The molecule has 1 aliphatic heterocycles. The van der Waals surface area contributed by atoms with Gasteiger partial charge in [0.05, 0.1) is 17.5 Å². The summed E-state index contributed by atoms with van der Waals surface area (Å²) in [4.78, 5) is 17.1. The highest BCUT2D eigenvalue weighted by atomic mass is 32.2. The molecule has 1 saturated heterocycles. The van der Waals surface area contributed by atoms with Gasteiger partial charge in [0.2, 0.25) is 0 Å². The molecule has 5 nitrogen and oxygen atoms in total. The monoisotopic (exact) mass is 390 g/mol. The highest BCUT2D eigenvalue weighted by Crippen LogP contribution is 2.34. The maximum Gasteiger partial charge on any atom is 0.349 e. The van der Waals surface area contributed by atoms with Crippen LogP contribution < -0.4 is 5.69 Å². The maximum atomic E-state index is 12.7. The second kappa shape index (κ2) is 6.85. The Morgan fingerprint density at radius 2 is 2.15 bits per heavy atom. The zero-order valence-corrected chi connectivity index (χ0v) is 16.4. The summed E-state index contributed by atoms with van der Waals surface area (Å²) < 4.78 is 25.4. The quantitative estimate of drug-likeness (QED) is 0.593. The maximum absolute atomic E-state index is 12.7. The van der Waals surface area contributed by atoms with E-state index in [1.807, 2.05) is 6.07 Å². The van der Waals surface area contributed by atoms with Crippen LogP contribution in [-0.2, 0) is 28.4 Å². The molecule has 0 saturated carbocycles. The summed E-state index contributed by atoms with van der Waals surface area (Å²) in [5.74, 6) is 1.02. The van der Waals surface area contributed by atoms with Crippen molar-refractivity contribution >= 4 is 21.6 Å². The Morgan fingerprint density at radius 3 is 2.88 bits per heavy atom. The predicted molar refractivity (Wildman–Crippen MR) is 104 cm³/mol. The highest BCUT2D eigenvalue weighted by Gasteiger charge is 2.33. The number of thioether (sulfide) groups is 1. The van der Waals surface area contributed by atoms with Crippen LogP contribution in [0.3, 0.4) is 0 Å². The van der Waals surface area contributed by atoms with Crippen LogP contribution in [0.5, 0.6) is 0 Å². The number of benzene rings is 1. The molecule has 2 heterocycles. The molecule has 1 aromatic carbocycles. The molecule has 0 radical (unpaired) electrons. The van der Waals surface area contributed by atoms with Gasteiger partial charge in [0.1, 0.15) is 5.03 Å². The Kier molecular flexibility index (Phi) is 4.69. The summed E-state index contributed by atoms with van der Waals surface area (Å²) in [6.07, 6.45) is 3.27. The Balaban J connectivity index is 1.65. The summed E-state index contributed by atoms with van der Waals surface area (Å²) in [6.45, 7) is 2.07. The van der Waals surface area contributed by atoms with Gasteiger partial charge >= 0.3 is 5.69 Å². The molecule has 1 atom stereocenters. The lowest BCUT2D eigenvalue weighted by atomic mass is 10.2. The van der Waals surface area contributed by atoms with Crippen LogP contribution in [0.4, 0.5) is 0 Å². The molecule has 0 amide bonds. The van der Waals surface area contributed by atoms with Gasteiger partial charge < -0.3 is 0 Å². The third-order valence-electron chi connectivity index (χ3n) is 5.17. The van der Waals surface area contributed by atoms with Gasteiger partial charge in [-0.15, -0.1) is 11.8 Å². The molecular weight excluding hydrogens is 368 g/mol. The fourth-order valence-corrected chi connectivity index (χ4v) is 6.70. The van der Waals surface area contributed by atoms with E-state index >= 15 is 0 Å². The molecule has 26 heavy (non-hydrogen) atoms. The SMILES string of the molecule is Cc1cccc(CSc2nc(=O)n([C@@H]3CCS(=O)(=O)C3)c3c2CCC3)c1. The number of aromatic nitrogens is 2. The van der Waals surface area contributed by atoms with Crippen molar-refractivity contribution < 1.29 is 8.42 Å². The summed E-state index contributed by atoms with van der Waals surface area (Å²) in [7, 11) is -3.03. The fraction of sp³-hybridized carbons (Fsp3) is 0.474. The van der Waals surface area contributed by atoms with Crippen molar-refractivity contribution in [3.05, 3.63) is 57.1 Å². The minimum Gasteiger partial charge on any atom is -0.292 e. The predicted octanol–water partition coefficient (Wildman–Crippen LogP) is 2.69. The highest BCUT2D eigenvalue weighted by molar-refractivity contribution is 7.98. The second-order valence-electron chi connectivity index (χ2n) is 7.18. The van der Waals surface area contributed by atoms with Crippen LogP contribution in [0.25, 0.3) is 0 Å². The molecule has 0 N–H and O–H groups in total. The average Bonchev–Trinajstić information content (AvgIpc) is 3.19. The van der Waals surface area contributed by atoms with E-state index < -0.39 is 9.84 Å². The van der Waals surface area contributed by atoms with Crippen LogP contribution in [0, 0.1) is 6.92 Å². The lowest BCUT2D eigenvalue weighted by molar-refractivity contribution is 0.502. The Bertz CT molecular complexity index is 1010. The lowest BCUT2D eigenvalue weighted by Crippen LogP contribution is -2.31. The van der Waals surface area contributed by atoms with E-state index in [2.05, 4.69) is 30.1 Å². The van der Waals surface area contributed by atoms with Gasteiger partial charge in [-0.05, 0) is 38.2 Å².